The molecular weight excluding hydrogens is 224 g/mol. The molecule has 18 heavy (non-hydrogen) atoms. The fraction of sp³-hybridized carbons (Fsp3) is 0.286. The lowest BCUT2D eigenvalue weighted by Gasteiger charge is -2.16. The first-order valence-electron chi connectivity index (χ1n) is 6.03. The Labute approximate surface area is 107 Å². The van der Waals surface area contributed by atoms with Crippen LogP contribution in [0.5, 0.6) is 0 Å². The van der Waals surface area contributed by atoms with Crippen molar-refractivity contribution < 1.29 is 0 Å². The quantitative estimate of drug-likeness (QED) is 0.864. The molecule has 1 aromatic heterocycles. The average molecular weight is 242 g/mol. The van der Waals surface area contributed by atoms with Crippen LogP contribution in [0.25, 0.3) is 0 Å². The van der Waals surface area contributed by atoms with Crippen molar-refractivity contribution in [2.75, 3.05) is 5.32 Å². The second kappa shape index (κ2) is 5.60. The number of benzene rings is 1. The molecule has 94 valence electrons. The molecule has 4 heteroatoms. The van der Waals surface area contributed by atoms with Gasteiger partial charge in [0.1, 0.15) is 5.82 Å². The largest absolute Gasteiger partial charge is 0.362 e. The number of nitrogens with zero attached hydrogens (tertiary/aromatic N) is 2. The van der Waals surface area contributed by atoms with Crippen molar-refractivity contribution in [2.45, 2.75) is 26.4 Å². The van der Waals surface area contributed by atoms with Crippen LogP contribution in [0.4, 0.5) is 5.82 Å². The molecule has 0 saturated heterocycles. The molecule has 1 unspecified atom stereocenters. The minimum atomic E-state index is 0.187. The van der Waals surface area contributed by atoms with Crippen LogP contribution in [0, 0.1) is 6.92 Å². The van der Waals surface area contributed by atoms with Crippen molar-refractivity contribution in [1.29, 1.82) is 0 Å². The number of hydrogen-bond acceptors (Lipinski definition) is 4. The molecule has 0 radical (unpaired) electrons. The van der Waals surface area contributed by atoms with E-state index in [0.29, 0.717) is 6.54 Å². The number of anilines is 1. The van der Waals surface area contributed by atoms with Gasteiger partial charge in [-0.1, -0.05) is 24.3 Å². The van der Waals surface area contributed by atoms with E-state index in [2.05, 4.69) is 46.5 Å². The fourth-order valence-corrected chi connectivity index (χ4v) is 1.78. The summed E-state index contributed by atoms with van der Waals surface area (Å²) in [6.45, 7) is 4.62. The lowest BCUT2D eigenvalue weighted by Crippen LogP contribution is -2.10. The van der Waals surface area contributed by atoms with Crippen LogP contribution in [0.1, 0.15) is 29.8 Å². The zero-order valence-electron chi connectivity index (χ0n) is 10.7. The lowest BCUT2D eigenvalue weighted by molar-refractivity contribution is 0.864. The molecule has 4 nitrogen and oxygen atoms in total. The Kier molecular flexibility index (Phi) is 3.89. The van der Waals surface area contributed by atoms with Crippen LogP contribution in [-0.2, 0) is 6.54 Å². The van der Waals surface area contributed by atoms with Gasteiger partial charge < -0.3 is 11.1 Å². The molecule has 2 rings (SSSR count). The van der Waals surface area contributed by atoms with Crippen LogP contribution in [-0.4, -0.2) is 9.97 Å². The van der Waals surface area contributed by atoms with Gasteiger partial charge >= 0.3 is 0 Å². The predicted molar refractivity (Wildman–Crippen MR) is 73.1 cm³/mol. The van der Waals surface area contributed by atoms with Crippen molar-refractivity contribution >= 4 is 5.82 Å². The van der Waals surface area contributed by atoms with Gasteiger partial charge in [-0.15, -0.1) is 0 Å². The molecule has 1 atom stereocenters. The number of aromatic nitrogens is 2. The highest BCUT2D eigenvalue weighted by atomic mass is 15.0. The molecular formula is C14H18N4. The van der Waals surface area contributed by atoms with E-state index in [0.717, 1.165) is 17.1 Å². The van der Waals surface area contributed by atoms with Crippen molar-refractivity contribution in [3.8, 4) is 0 Å². The van der Waals surface area contributed by atoms with E-state index in [1.165, 1.54) is 5.56 Å². The molecule has 0 aliphatic heterocycles. The third-order valence-electron chi connectivity index (χ3n) is 2.95. The van der Waals surface area contributed by atoms with Gasteiger partial charge in [0.2, 0.25) is 0 Å². The van der Waals surface area contributed by atoms with Gasteiger partial charge in [-0.2, -0.15) is 0 Å². The Morgan fingerprint density at radius 2 is 1.83 bits per heavy atom. The molecule has 0 bridgehead atoms. The Bertz CT molecular complexity index is 507. The first-order chi connectivity index (χ1) is 8.70. The fourth-order valence-electron chi connectivity index (χ4n) is 1.78. The normalized spacial score (nSPS) is 12.2. The smallest absolute Gasteiger partial charge is 0.147 e. The third-order valence-corrected chi connectivity index (χ3v) is 2.95. The highest BCUT2D eigenvalue weighted by molar-refractivity contribution is 5.41. The maximum atomic E-state index is 5.59. The van der Waals surface area contributed by atoms with Gasteiger partial charge in [0.05, 0.1) is 11.7 Å². The second-order valence-electron chi connectivity index (χ2n) is 4.30. The van der Waals surface area contributed by atoms with Crippen molar-refractivity contribution in [2.24, 2.45) is 5.73 Å². The minimum absolute atomic E-state index is 0.187. The topological polar surface area (TPSA) is 63.8 Å². The molecule has 0 saturated carbocycles. The Balaban J connectivity index is 2.11. The van der Waals surface area contributed by atoms with Crippen molar-refractivity contribution in [3.63, 3.8) is 0 Å². The van der Waals surface area contributed by atoms with Gasteiger partial charge in [0.15, 0.2) is 0 Å². The third kappa shape index (κ3) is 2.84. The average Bonchev–Trinajstić information content (AvgIpc) is 2.41. The van der Waals surface area contributed by atoms with Crippen LogP contribution in [0.2, 0.25) is 0 Å². The summed E-state index contributed by atoms with van der Waals surface area (Å²) in [5.41, 5.74) is 8.84. The lowest BCUT2D eigenvalue weighted by atomic mass is 10.1. The first-order valence-corrected chi connectivity index (χ1v) is 6.03. The predicted octanol–water partition coefficient (Wildman–Crippen LogP) is 2.42. The number of rotatable bonds is 4. The van der Waals surface area contributed by atoms with Crippen LogP contribution in [0.15, 0.2) is 36.7 Å². The summed E-state index contributed by atoms with van der Waals surface area (Å²) in [7, 11) is 0. The van der Waals surface area contributed by atoms with Crippen molar-refractivity contribution in [1.82, 2.24) is 9.97 Å². The van der Waals surface area contributed by atoms with E-state index in [4.69, 9.17) is 5.73 Å². The molecule has 2 aromatic rings. The van der Waals surface area contributed by atoms with Gasteiger partial charge in [0.25, 0.3) is 0 Å². The summed E-state index contributed by atoms with van der Waals surface area (Å²) in [5, 5.41) is 3.36. The molecule has 0 aliphatic rings. The van der Waals surface area contributed by atoms with E-state index in [9.17, 15) is 0 Å². The number of nitrogens with one attached hydrogen (secondary N) is 1. The number of hydrogen-bond donors (Lipinski definition) is 2. The zero-order valence-corrected chi connectivity index (χ0v) is 10.7. The van der Waals surface area contributed by atoms with E-state index in [-0.39, 0.29) is 6.04 Å². The number of aryl methyl sites for hydroxylation is 1. The van der Waals surface area contributed by atoms with E-state index >= 15 is 0 Å². The summed E-state index contributed by atoms with van der Waals surface area (Å²) in [6.07, 6.45) is 3.39. The van der Waals surface area contributed by atoms with E-state index in [1.54, 1.807) is 12.4 Å². The molecule has 0 aliphatic carbocycles. The Morgan fingerprint density at radius 3 is 2.44 bits per heavy atom. The first kappa shape index (κ1) is 12.5. The summed E-state index contributed by atoms with van der Waals surface area (Å²) < 4.78 is 0. The minimum Gasteiger partial charge on any atom is -0.362 e. The molecule has 3 N–H and O–H groups in total. The molecule has 0 spiro atoms. The molecule has 1 heterocycles. The zero-order chi connectivity index (χ0) is 13.0. The van der Waals surface area contributed by atoms with E-state index in [1.807, 2.05) is 6.92 Å². The summed E-state index contributed by atoms with van der Waals surface area (Å²) in [5.74, 6) is 0.827. The molecule has 0 amide bonds. The van der Waals surface area contributed by atoms with Gasteiger partial charge in [-0.05, 0) is 25.0 Å². The number of nitrogens with two attached hydrogens (primary N) is 1. The van der Waals surface area contributed by atoms with Gasteiger partial charge in [0, 0.05) is 18.9 Å². The highest BCUT2D eigenvalue weighted by Gasteiger charge is 2.07. The summed E-state index contributed by atoms with van der Waals surface area (Å²) in [6, 6.07) is 8.47. The Hall–Kier alpha value is -1.94. The van der Waals surface area contributed by atoms with Crippen LogP contribution >= 0.6 is 0 Å². The summed E-state index contributed by atoms with van der Waals surface area (Å²) in [4.78, 5) is 8.50. The van der Waals surface area contributed by atoms with Gasteiger partial charge in [-0.3, -0.25) is 4.98 Å². The standard InChI is InChI=1S/C14H18N4/c1-10(13-5-3-12(9-15)4-6-13)18-14-11(2)16-7-8-17-14/h3-8,10H,9,15H2,1-2H3,(H,17,18). The van der Waals surface area contributed by atoms with Crippen LogP contribution in [0.3, 0.4) is 0 Å². The van der Waals surface area contributed by atoms with Gasteiger partial charge in [-0.25, -0.2) is 4.98 Å². The Morgan fingerprint density at radius 1 is 1.17 bits per heavy atom. The van der Waals surface area contributed by atoms with Crippen LogP contribution < -0.4 is 11.1 Å². The second-order valence-corrected chi connectivity index (χ2v) is 4.30. The maximum Gasteiger partial charge on any atom is 0.147 e. The monoisotopic (exact) mass is 242 g/mol. The molecule has 0 fully saturated rings. The molecule has 1 aromatic carbocycles. The SMILES string of the molecule is Cc1nccnc1NC(C)c1ccc(CN)cc1. The summed E-state index contributed by atoms with van der Waals surface area (Å²) >= 11 is 0. The van der Waals surface area contributed by atoms with Crippen molar-refractivity contribution in [3.05, 3.63) is 53.5 Å². The highest BCUT2D eigenvalue weighted by Crippen LogP contribution is 2.19. The van der Waals surface area contributed by atoms with E-state index < -0.39 is 0 Å². The maximum absolute atomic E-state index is 5.59.